The molecule has 0 N–H and O–H groups in total. The van der Waals surface area contributed by atoms with Crippen molar-refractivity contribution in [3.05, 3.63) is 206 Å². The van der Waals surface area contributed by atoms with Crippen LogP contribution in [0.3, 0.4) is 0 Å². The second kappa shape index (κ2) is 13.4. The molecule has 0 aliphatic rings. The summed E-state index contributed by atoms with van der Waals surface area (Å²) in [5.41, 5.74) is 11.9. The molecule has 0 spiro atoms. The highest BCUT2D eigenvalue weighted by atomic mass is 14.9. The molecule has 9 aromatic carbocycles. The van der Waals surface area contributed by atoms with Crippen LogP contribution >= 0.6 is 0 Å². The molecule has 54 heavy (non-hydrogen) atoms. The lowest BCUT2D eigenvalue weighted by Gasteiger charge is -2.20. The molecule has 0 radical (unpaired) electrons. The van der Waals surface area contributed by atoms with Gasteiger partial charge in [-0.15, -0.1) is 0 Å². The van der Waals surface area contributed by atoms with Gasteiger partial charge in [0.15, 0.2) is 5.82 Å². The van der Waals surface area contributed by atoms with Crippen molar-refractivity contribution in [2.45, 2.75) is 0 Å². The van der Waals surface area contributed by atoms with Gasteiger partial charge in [-0.05, 0) is 72.4 Å². The molecule has 0 saturated heterocycles. The predicted octanol–water partition coefficient (Wildman–Crippen LogP) is 13.9. The maximum atomic E-state index is 5.48. The quantitative estimate of drug-likeness (QED) is 0.129. The molecule has 1 heterocycles. The van der Waals surface area contributed by atoms with Gasteiger partial charge in [-0.2, -0.15) is 0 Å². The lowest BCUT2D eigenvalue weighted by Crippen LogP contribution is -1.99. The van der Waals surface area contributed by atoms with Gasteiger partial charge >= 0.3 is 0 Å². The van der Waals surface area contributed by atoms with Crippen LogP contribution < -0.4 is 0 Å². The first-order valence-electron chi connectivity index (χ1n) is 18.4. The Morgan fingerprint density at radius 2 is 0.815 bits per heavy atom. The molecule has 2 heteroatoms. The molecule has 0 aliphatic heterocycles. The molecular formula is C52H34N2. The van der Waals surface area contributed by atoms with Gasteiger partial charge in [-0.3, -0.25) is 0 Å². The summed E-state index contributed by atoms with van der Waals surface area (Å²) in [5, 5.41) is 7.14. The van der Waals surface area contributed by atoms with Crippen molar-refractivity contribution in [1.29, 1.82) is 0 Å². The van der Waals surface area contributed by atoms with Crippen molar-refractivity contribution in [3.63, 3.8) is 0 Å². The minimum atomic E-state index is 0.692. The summed E-state index contributed by atoms with van der Waals surface area (Å²) in [7, 11) is 0. The van der Waals surface area contributed by atoms with Gasteiger partial charge in [0.25, 0.3) is 0 Å². The van der Waals surface area contributed by atoms with Crippen molar-refractivity contribution in [1.82, 2.24) is 9.97 Å². The number of hydrogen-bond donors (Lipinski definition) is 0. The van der Waals surface area contributed by atoms with E-state index in [0.717, 1.165) is 55.7 Å². The summed E-state index contributed by atoms with van der Waals surface area (Å²) < 4.78 is 0. The van der Waals surface area contributed by atoms with Crippen LogP contribution in [-0.2, 0) is 0 Å². The fourth-order valence-corrected chi connectivity index (χ4v) is 8.00. The van der Waals surface area contributed by atoms with Crippen LogP contribution in [0.2, 0.25) is 0 Å². The van der Waals surface area contributed by atoms with Crippen LogP contribution in [0.15, 0.2) is 206 Å². The molecule has 0 unspecified atom stereocenters. The highest BCUT2D eigenvalue weighted by Gasteiger charge is 2.22. The lowest BCUT2D eigenvalue weighted by atomic mass is 9.85. The third-order valence-electron chi connectivity index (χ3n) is 10.5. The largest absolute Gasteiger partial charge is 0.228 e. The average Bonchev–Trinajstić information content (AvgIpc) is 3.26. The summed E-state index contributed by atoms with van der Waals surface area (Å²) in [6, 6.07) is 73.4. The molecule has 2 nitrogen and oxygen atoms in total. The molecule has 0 saturated carbocycles. The Labute approximate surface area is 314 Å². The molecule has 0 atom stereocenters. The van der Waals surface area contributed by atoms with E-state index in [4.69, 9.17) is 9.97 Å². The van der Waals surface area contributed by atoms with Crippen molar-refractivity contribution < 1.29 is 0 Å². The van der Waals surface area contributed by atoms with Crippen molar-refractivity contribution in [2.24, 2.45) is 0 Å². The summed E-state index contributed by atoms with van der Waals surface area (Å²) in [6.07, 6.45) is 0. The maximum absolute atomic E-state index is 5.48. The SMILES string of the molecule is c1ccc(-c2ccc(-c3ccccc3)c(-c3cc(-c4c5ccccc5c(-c5ccccc5)c5ccc6ccccc6c45)nc(-c4ccccc4)n3)c2)cc1. The Morgan fingerprint density at radius 3 is 1.50 bits per heavy atom. The van der Waals surface area contributed by atoms with E-state index in [1.54, 1.807) is 0 Å². The third-order valence-corrected chi connectivity index (χ3v) is 10.5. The van der Waals surface area contributed by atoms with Gasteiger partial charge in [-0.1, -0.05) is 194 Å². The molecule has 1 aromatic heterocycles. The minimum absolute atomic E-state index is 0.692. The van der Waals surface area contributed by atoms with E-state index in [9.17, 15) is 0 Å². The van der Waals surface area contributed by atoms with Crippen LogP contribution in [0.25, 0.3) is 99.6 Å². The number of rotatable bonds is 6. The first-order valence-corrected chi connectivity index (χ1v) is 18.4. The van der Waals surface area contributed by atoms with E-state index in [1.165, 1.54) is 38.1 Å². The van der Waals surface area contributed by atoms with Gasteiger partial charge in [0.2, 0.25) is 0 Å². The molecule has 252 valence electrons. The Balaban J connectivity index is 1.35. The molecular weight excluding hydrogens is 653 g/mol. The summed E-state index contributed by atoms with van der Waals surface area (Å²) in [4.78, 5) is 10.9. The number of benzene rings is 9. The van der Waals surface area contributed by atoms with Gasteiger partial charge < -0.3 is 0 Å². The smallest absolute Gasteiger partial charge is 0.160 e. The molecule has 0 bridgehead atoms. The van der Waals surface area contributed by atoms with Crippen LogP contribution in [0.4, 0.5) is 0 Å². The summed E-state index contributed by atoms with van der Waals surface area (Å²) in [5.74, 6) is 0.692. The van der Waals surface area contributed by atoms with E-state index in [2.05, 4.69) is 200 Å². The zero-order valence-electron chi connectivity index (χ0n) is 29.5. The zero-order chi connectivity index (χ0) is 35.8. The summed E-state index contributed by atoms with van der Waals surface area (Å²) in [6.45, 7) is 0. The lowest BCUT2D eigenvalue weighted by molar-refractivity contribution is 1.19. The van der Waals surface area contributed by atoms with E-state index < -0.39 is 0 Å². The van der Waals surface area contributed by atoms with Crippen LogP contribution in [-0.4, -0.2) is 9.97 Å². The van der Waals surface area contributed by atoms with Crippen LogP contribution in [0, 0.1) is 0 Å². The van der Waals surface area contributed by atoms with E-state index in [1.807, 2.05) is 6.07 Å². The van der Waals surface area contributed by atoms with Crippen LogP contribution in [0.5, 0.6) is 0 Å². The average molecular weight is 687 g/mol. The highest BCUT2D eigenvalue weighted by Crippen LogP contribution is 2.47. The van der Waals surface area contributed by atoms with E-state index >= 15 is 0 Å². The Bertz CT molecular complexity index is 2960. The first-order chi connectivity index (χ1) is 26.8. The molecule has 0 fully saturated rings. The predicted molar refractivity (Wildman–Crippen MR) is 227 cm³/mol. The fraction of sp³-hybridized carbons (Fsp3) is 0. The van der Waals surface area contributed by atoms with E-state index in [0.29, 0.717) is 5.82 Å². The fourth-order valence-electron chi connectivity index (χ4n) is 8.00. The number of hydrogen-bond acceptors (Lipinski definition) is 2. The standard InChI is InChI=1S/C52H34N2/c1-5-17-35(18-6-1)40-30-31-41(36-19-7-2-8-20-36)46(33-40)47-34-48(54-52(53-47)39-24-11-4-12-25-39)51-44-28-16-15-27-43(44)49(38-22-9-3-10-23-38)45-32-29-37-21-13-14-26-42(37)50(45)51/h1-34H. The Morgan fingerprint density at radius 1 is 0.278 bits per heavy atom. The van der Waals surface area contributed by atoms with E-state index in [-0.39, 0.29) is 0 Å². The highest BCUT2D eigenvalue weighted by molar-refractivity contribution is 6.27. The molecule has 0 aliphatic carbocycles. The molecule has 10 rings (SSSR count). The Kier molecular flexibility index (Phi) is 7.85. The second-order valence-electron chi connectivity index (χ2n) is 13.7. The minimum Gasteiger partial charge on any atom is -0.228 e. The van der Waals surface area contributed by atoms with Gasteiger partial charge in [0, 0.05) is 22.1 Å². The normalized spacial score (nSPS) is 11.3. The van der Waals surface area contributed by atoms with Crippen molar-refractivity contribution in [3.8, 4) is 67.3 Å². The van der Waals surface area contributed by atoms with Crippen LogP contribution in [0.1, 0.15) is 0 Å². The Hall–Kier alpha value is -7.16. The number of fused-ring (bicyclic) bond motifs is 4. The van der Waals surface area contributed by atoms with Gasteiger partial charge in [0.1, 0.15) is 0 Å². The molecule has 10 aromatic rings. The third kappa shape index (κ3) is 5.53. The summed E-state index contributed by atoms with van der Waals surface area (Å²) >= 11 is 0. The monoisotopic (exact) mass is 686 g/mol. The molecule has 0 amide bonds. The zero-order valence-corrected chi connectivity index (χ0v) is 29.5. The maximum Gasteiger partial charge on any atom is 0.160 e. The van der Waals surface area contributed by atoms with Crippen molar-refractivity contribution >= 4 is 32.3 Å². The van der Waals surface area contributed by atoms with Crippen molar-refractivity contribution in [2.75, 3.05) is 0 Å². The number of nitrogens with zero attached hydrogens (tertiary/aromatic N) is 2. The van der Waals surface area contributed by atoms with Gasteiger partial charge in [-0.25, -0.2) is 9.97 Å². The second-order valence-corrected chi connectivity index (χ2v) is 13.7. The first kappa shape index (κ1) is 31.6. The van der Waals surface area contributed by atoms with Gasteiger partial charge in [0.05, 0.1) is 11.4 Å². The topological polar surface area (TPSA) is 25.8 Å². The number of aromatic nitrogens is 2.